The number of fused-ring (bicyclic) bond motifs is 1. The molecule has 18 heavy (non-hydrogen) atoms. The summed E-state index contributed by atoms with van der Waals surface area (Å²) in [5.74, 6) is 0.466. The summed E-state index contributed by atoms with van der Waals surface area (Å²) in [5.41, 5.74) is 0.726. The largest absolute Gasteiger partial charge is 0.391 e. The van der Waals surface area contributed by atoms with Crippen molar-refractivity contribution in [3.8, 4) is 0 Å². The number of anilines is 1. The summed E-state index contributed by atoms with van der Waals surface area (Å²) in [5, 5.41) is 12.8. The van der Waals surface area contributed by atoms with Gasteiger partial charge in [0.2, 0.25) is 5.95 Å². The highest BCUT2D eigenvalue weighted by atomic mass is 16.3. The van der Waals surface area contributed by atoms with Crippen LogP contribution in [0.1, 0.15) is 25.5 Å². The van der Waals surface area contributed by atoms with Gasteiger partial charge >= 0.3 is 0 Å². The molecular formula is C12H16N4O2. The first kappa shape index (κ1) is 12.5. The van der Waals surface area contributed by atoms with E-state index in [0.29, 0.717) is 17.2 Å². The summed E-state index contributed by atoms with van der Waals surface area (Å²) in [6.07, 6.45) is 1.64. The molecule has 0 radical (unpaired) electrons. The standard InChI is InChI=1S/C12H16N4O2/c1-7(2)16-10-8(4-9(6-17)11(16)18)5-14-12(13-3)15-10/h4-5,7,17H,6H2,1-3H3,(H,13,14,15). The third-order valence-electron chi connectivity index (χ3n) is 2.76. The predicted molar refractivity (Wildman–Crippen MR) is 69.7 cm³/mol. The van der Waals surface area contributed by atoms with E-state index < -0.39 is 0 Å². The van der Waals surface area contributed by atoms with Crippen molar-refractivity contribution in [2.45, 2.75) is 26.5 Å². The normalized spacial score (nSPS) is 11.2. The quantitative estimate of drug-likeness (QED) is 0.843. The zero-order chi connectivity index (χ0) is 13.3. The number of hydrogen-bond donors (Lipinski definition) is 2. The topological polar surface area (TPSA) is 80.0 Å². The highest BCUT2D eigenvalue weighted by Gasteiger charge is 2.13. The average Bonchev–Trinajstić information content (AvgIpc) is 2.36. The van der Waals surface area contributed by atoms with E-state index >= 15 is 0 Å². The van der Waals surface area contributed by atoms with Gasteiger partial charge in [-0.15, -0.1) is 0 Å². The van der Waals surface area contributed by atoms with Gasteiger partial charge in [-0.05, 0) is 19.9 Å². The van der Waals surface area contributed by atoms with Crippen molar-refractivity contribution in [1.29, 1.82) is 0 Å². The van der Waals surface area contributed by atoms with Crippen molar-refractivity contribution in [1.82, 2.24) is 14.5 Å². The molecule has 2 aromatic heterocycles. The lowest BCUT2D eigenvalue weighted by Crippen LogP contribution is -2.26. The average molecular weight is 248 g/mol. The van der Waals surface area contributed by atoms with Gasteiger partial charge in [0.1, 0.15) is 5.65 Å². The number of aromatic nitrogens is 3. The Morgan fingerprint density at radius 2 is 2.22 bits per heavy atom. The lowest BCUT2D eigenvalue weighted by molar-refractivity contribution is 0.279. The van der Waals surface area contributed by atoms with Gasteiger partial charge in [0.15, 0.2) is 0 Å². The first-order valence-corrected chi connectivity index (χ1v) is 5.78. The number of pyridine rings is 1. The van der Waals surface area contributed by atoms with E-state index in [4.69, 9.17) is 0 Å². The molecule has 2 N–H and O–H groups in total. The van der Waals surface area contributed by atoms with Gasteiger partial charge in [-0.25, -0.2) is 4.98 Å². The van der Waals surface area contributed by atoms with Crippen LogP contribution in [0.25, 0.3) is 11.0 Å². The van der Waals surface area contributed by atoms with Crippen LogP contribution in [0.5, 0.6) is 0 Å². The molecule has 0 saturated heterocycles. The summed E-state index contributed by atoms with van der Waals surface area (Å²) in [7, 11) is 1.72. The predicted octanol–water partition coefficient (Wildman–Crippen LogP) is 0.906. The molecule has 96 valence electrons. The zero-order valence-corrected chi connectivity index (χ0v) is 10.6. The molecule has 0 unspecified atom stereocenters. The van der Waals surface area contributed by atoms with Crippen LogP contribution >= 0.6 is 0 Å². The molecular weight excluding hydrogens is 232 g/mol. The number of nitrogens with one attached hydrogen (secondary N) is 1. The van der Waals surface area contributed by atoms with Crippen LogP contribution in [-0.2, 0) is 6.61 Å². The zero-order valence-electron chi connectivity index (χ0n) is 10.6. The van der Waals surface area contributed by atoms with Gasteiger partial charge in [-0.3, -0.25) is 9.36 Å². The first-order chi connectivity index (χ1) is 8.58. The van der Waals surface area contributed by atoms with Crippen LogP contribution in [0.2, 0.25) is 0 Å². The fourth-order valence-electron chi connectivity index (χ4n) is 1.89. The molecule has 2 heterocycles. The summed E-state index contributed by atoms with van der Waals surface area (Å²) in [6.45, 7) is 3.53. The Bertz CT molecular complexity index is 634. The molecule has 0 fully saturated rings. The lowest BCUT2D eigenvalue weighted by atomic mass is 10.2. The van der Waals surface area contributed by atoms with Crippen LogP contribution in [0.15, 0.2) is 17.1 Å². The highest BCUT2D eigenvalue weighted by Crippen LogP contribution is 2.16. The minimum atomic E-state index is -0.282. The Morgan fingerprint density at radius 1 is 1.50 bits per heavy atom. The number of aliphatic hydroxyl groups excluding tert-OH is 1. The number of rotatable bonds is 3. The van der Waals surface area contributed by atoms with Crippen molar-refractivity contribution < 1.29 is 5.11 Å². The third-order valence-corrected chi connectivity index (χ3v) is 2.76. The van der Waals surface area contributed by atoms with Crippen LogP contribution in [-0.4, -0.2) is 26.7 Å². The van der Waals surface area contributed by atoms with Crippen LogP contribution < -0.4 is 10.9 Å². The third kappa shape index (κ3) is 1.95. The van der Waals surface area contributed by atoms with Crippen molar-refractivity contribution >= 4 is 17.0 Å². The molecule has 0 amide bonds. The van der Waals surface area contributed by atoms with Crippen molar-refractivity contribution in [3.05, 3.63) is 28.2 Å². The second kappa shape index (κ2) is 4.73. The van der Waals surface area contributed by atoms with E-state index in [-0.39, 0.29) is 18.2 Å². The fourth-order valence-corrected chi connectivity index (χ4v) is 1.89. The van der Waals surface area contributed by atoms with Gasteiger partial charge in [-0.2, -0.15) is 4.98 Å². The second-order valence-electron chi connectivity index (χ2n) is 4.32. The first-order valence-electron chi connectivity index (χ1n) is 5.78. The van der Waals surface area contributed by atoms with Crippen LogP contribution in [0, 0.1) is 0 Å². The second-order valence-corrected chi connectivity index (χ2v) is 4.32. The van der Waals surface area contributed by atoms with Gasteiger partial charge in [-0.1, -0.05) is 0 Å². The molecule has 0 aliphatic carbocycles. The van der Waals surface area contributed by atoms with E-state index in [9.17, 15) is 9.90 Å². The van der Waals surface area contributed by atoms with Gasteiger partial charge in [0.05, 0.1) is 6.61 Å². The minimum Gasteiger partial charge on any atom is -0.391 e. The monoisotopic (exact) mass is 248 g/mol. The van der Waals surface area contributed by atoms with Gasteiger partial charge < -0.3 is 10.4 Å². The lowest BCUT2D eigenvalue weighted by Gasteiger charge is -2.14. The molecule has 0 aliphatic rings. The molecule has 0 bridgehead atoms. The van der Waals surface area contributed by atoms with E-state index in [1.54, 1.807) is 23.9 Å². The molecule has 0 aliphatic heterocycles. The summed E-state index contributed by atoms with van der Waals surface area (Å²) < 4.78 is 1.57. The van der Waals surface area contributed by atoms with E-state index in [1.165, 1.54) is 0 Å². The minimum absolute atomic E-state index is 0.0360. The molecule has 6 heteroatoms. The molecule has 0 aromatic carbocycles. The molecule has 2 rings (SSSR count). The highest BCUT2D eigenvalue weighted by molar-refractivity contribution is 5.76. The Balaban J connectivity index is 2.87. The van der Waals surface area contributed by atoms with E-state index in [1.807, 2.05) is 13.8 Å². The molecule has 2 aromatic rings. The maximum absolute atomic E-state index is 12.2. The Morgan fingerprint density at radius 3 is 2.78 bits per heavy atom. The maximum atomic E-state index is 12.2. The fraction of sp³-hybridized carbons (Fsp3) is 0.417. The number of nitrogens with zero attached hydrogens (tertiary/aromatic N) is 3. The number of aliphatic hydroxyl groups is 1. The van der Waals surface area contributed by atoms with Crippen LogP contribution in [0.3, 0.4) is 0 Å². The summed E-state index contributed by atoms with van der Waals surface area (Å²) >= 11 is 0. The van der Waals surface area contributed by atoms with Crippen molar-refractivity contribution in [2.75, 3.05) is 12.4 Å². The molecule has 6 nitrogen and oxygen atoms in total. The van der Waals surface area contributed by atoms with Crippen molar-refractivity contribution in [2.24, 2.45) is 0 Å². The van der Waals surface area contributed by atoms with Crippen molar-refractivity contribution in [3.63, 3.8) is 0 Å². The van der Waals surface area contributed by atoms with Crippen LogP contribution in [0.4, 0.5) is 5.95 Å². The summed E-state index contributed by atoms with van der Waals surface area (Å²) in [6, 6.07) is 1.60. The summed E-state index contributed by atoms with van der Waals surface area (Å²) in [4.78, 5) is 20.6. The SMILES string of the molecule is CNc1ncc2cc(CO)c(=O)n(C(C)C)c2n1. The number of hydrogen-bond acceptors (Lipinski definition) is 5. The molecule has 0 atom stereocenters. The Kier molecular flexibility index (Phi) is 3.29. The van der Waals surface area contributed by atoms with Gasteiger partial charge in [0.25, 0.3) is 5.56 Å². The Labute approximate surface area is 104 Å². The smallest absolute Gasteiger partial charge is 0.257 e. The maximum Gasteiger partial charge on any atom is 0.257 e. The van der Waals surface area contributed by atoms with E-state index in [2.05, 4.69) is 15.3 Å². The Hall–Kier alpha value is -1.95. The van der Waals surface area contributed by atoms with E-state index in [0.717, 1.165) is 5.39 Å². The molecule has 0 saturated carbocycles. The van der Waals surface area contributed by atoms with Gasteiger partial charge in [0, 0.05) is 30.2 Å². The molecule has 0 spiro atoms.